The third-order valence-corrected chi connectivity index (χ3v) is 8.31. The smallest absolute Gasteiger partial charge is 0.349 e. The van der Waals surface area contributed by atoms with Crippen LogP contribution in [-0.4, -0.2) is 16.7 Å². The second-order valence-electron chi connectivity index (χ2n) is 10.7. The third-order valence-electron chi connectivity index (χ3n) is 7.15. The molecule has 1 aliphatic carbocycles. The van der Waals surface area contributed by atoms with Gasteiger partial charge in [0.05, 0.1) is 0 Å². The lowest BCUT2D eigenvalue weighted by atomic mass is 9.77. The summed E-state index contributed by atoms with van der Waals surface area (Å²) < 4.78 is 6.31. The topological polar surface area (TPSA) is 46.5 Å². The second-order valence-corrected chi connectivity index (χ2v) is 11.8. The zero-order valence-corrected chi connectivity index (χ0v) is 21.1. The number of aryl methyl sites for hydroxylation is 2. The van der Waals surface area contributed by atoms with Gasteiger partial charge in [0.15, 0.2) is 0 Å². The molecule has 1 aliphatic heterocycles. The molecule has 0 bridgehead atoms. The highest BCUT2D eigenvalue weighted by Gasteiger charge is 2.48. The van der Waals surface area contributed by atoms with E-state index in [2.05, 4.69) is 58.0 Å². The molecule has 1 unspecified atom stereocenters. The molecule has 1 N–H and O–H groups in total. The summed E-state index contributed by atoms with van der Waals surface area (Å²) in [6, 6.07) is 16.7. The summed E-state index contributed by atoms with van der Waals surface area (Å²) in [5.74, 6) is 0.130. The summed E-state index contributed by atoms with van der Waals surface area (Å²) in [6.45, 7) is 8.57. The number of aliphatic hydroxyl groups excluding tert-OH is 1. The maximum atomic E-state index is 13.4. The van der Waals surface area contributed by atoms with Gasteiger partial charge in [0.25, 0.3) is 0 Å². The first-order valence-corrected chi connectivity index (χ1v) is 13.0. The van der Waals surface area contributed by atoms with Gasteiger partial charge >= 0.3 is 5.97 Å². The van der Waals surface area contributed by atoms with Gasteiger partial charge in [0, 0.05) is 11.3 Å². The van der Waals surface area contributed by atoms with Crippen molar-refractivity contribution >= 4 is 17.7 Å². The SMILES string of the molecule is Cc1ccc(C(C)(C)C)c(SC2=C(O)CC(CCc3ccccc3)(C3CCCC3)OC2=O)c1. The zero-order valence-electron chi connectivity index (χ0n) is 20.3. The van der Waals surface area contributed by atoms with Crippen LogP contribution in [0.5, 0.6) is 0 Å². The van der Waals surface area contributed by atoms with Gasteiger partial charge in [-0.3, -0.25) is 0 Å². The maximum Gasteiger partial charge on any atom is 0.349 e. The van der Waals surface area contributed by atoms with Crippen LogP contribution in [0.4, 0.5) is 0 Å². The van der Waals surface area contributed by atoms with Crippen molar-refractivity contribution in [2.75, 3.05) is 0 Å². The lowest BCUT2D eigenvalue weighted by Gasteiger charge is -2.41. The van der Waals surface area contributed by atoms with Crippen LogP contribution in [0.1, 0.15) is 76.0 Å². The van der Waals surface area contributed by atoms with Crippen molar-refractivity contribution in [3.63, 3.8) is 0 Å². The molecule has 176 valence electrons. The zero-order chi connectivity index (χ0) is 23.6. The molecule has 0 spiro atoms. The van der Waals surface area contributed by atoms with Crippen molar-refractivity contribution < 1.29 is 14.6 Å². The van der Waals surface area contributed by atoms with E-state index in [0.29, 0.717) is 17.2 Å². The number of thioether (sulfide) groups is 1. The molecule has 0 saturated heterocycles. The first kappa shape index (κ1) is 23.9. The Bertz CT molecular complexity index is 1030. The monoisotopic (exact) mass is 464 g/mol. The molecule has 0 amide bonds. The number of ether oxygens (including phenoxy) is 1. The molecule has 33 heavy (non-hydrogen) atoms. The average molecular weight is 465 g/mol. The van der Waals surface area contributed by atoms with E-state index in [1.54, 1.807) is 0 Å². The van der Waals surface area contributed by atoms with Crippen LogP contribution < -0.4 is 0 Å². The highest BCUT2D eigenvalue weighted by Crippen LogP contribution is 2.48. The van der Waals surface area contributed by atoms with Gasteiger partial charge in [-0.25, -0.2) is 4.79 Å². The first-order chi connectivity index (χ1) is 15.7. The molecule has 3 nitrogen and oxygen atoms in total. The Labute approximate surface area is 202 Å². The Morgan fingerprint density at radius 1 is 1.09 bits per heavy atom. The van der Waals surface area contributed by atoms with Gasteiger partial charge in [-0.15, -0.1) is 0 Å². The molecule has 2 aromatic rings. The fourth-order valence-corrected chi connectivity index (χ4v) is 6.58. The van der Waals surface area contributed by atoms with E-state index in [4.69, 9.17) is 4.74 Å². The summed E-state index contributed by atoms with van der Waals surface area (Å²) in [5, 5.41) is 11.2. The minimum atomic E-state index is -0.614. The minimum Gasteiger partial charge on any atom is -0.511 e. The predicted octanol–water partition coefficient (Wildman–Crippen LogP) is 7.66. The Hall–Kier alpha value is -2.20. The van der Waals surface area contributed by atoms with Crippen LogP contribution in [0.2, 0.25) is 0 Å². The Balaban J connectivity index is 1.63. The normalized spacial score (nSPS) is 22.0. The van der Waals surface area contributed by atoms with Gasteiger partial charge in [-0.05, 0) is 66.7 Å². The summed E-state index contributed by atoms with van der Waals surface area (Å²) in [6.07, 6.45) is 6.45. The number of esters is 1. The Morgan fingerprint density at radius 3 is 2.42 bits per heavy atom. The molecule has 2 aliphatic rings. The minimum absolute atomic E-state index is 0.0614. The molecule has 1 atom stereocenters. The lowest BCUT2D eigenvalue weighted by molar-refractivity contribution is -0.166. The summed E-state index contributed by atoms with van der Waals surface area (Å²) in [5.41, 5.74) is 2.87. The quantitative estimate of drug-likeness (QED) is 0.446. The van der Waals surface area contributed by atoms with Gasteiger partial charge < -0.3 is 9.84 Å². The van der Waals surface area contributed by atoms with Crippen molar-refractivity contribution in [1.82, 2.24) is 0 Å². The van der Waals surface area contributed by atoms with Crippen LogP contribution >= 0.6 is 11.8 Å². The van der Waals surface area contributed by atoms with Gasteiger partial charge in [-0.2, -0.15) is 0 Å². The number of benzene rings is 2. The fraction of sp³-hybridized carbons (Fsp3) is 0.483. The summed E-state index contributed by atoms with van der Waals surface area (Å²) >= 11 is 1.36. The van der Waals surface area contributed by atoms with Crippen LogP contribution in [0.3, 0.4) is 0 Å². The average Bonchev–Trinajstić information content (AvgIpc) is 3.31. The van der Waals surface area contributed by atoms with E-state index >= 15 is 0 Å². The van der Waals surface area contributed by atoms with E-state index in [1.807, 2.05) is 18.2 Å². The van der Waals surface area contributed by atoms with E-state index in [9.17, 15) is 9.90 Å². The van der Waals surface area contributed by atoms with E-state index in [1.165, 1.54) is 35.7 Å². The number of rotatable bonds is 6. The number of hydrogen-bond donors (Lipinski definition) is 1. The third kappa shape index (κ3) is 5.32. The Kier molecular flexibility index (Phi) is 6.95. The van der Waals surface area contributed by atoms with Crippen LogP contribution in [0.25, 0.3) is 0 Å². The van der Waals surface area contributed by atoms with Crippen LogP contribution in [0, 0.1) is 12.8 Å². The molecule has 0 radical (unpaired) electrons. The number of hydrogen-bond acceptors (Lipinski definition) is 4. The highest BCUT2D eigenvalue weighted by atomic mass is 32.2. The van der Waals surface area contributed by atoms with Crippen molar-refractivity contribution in [2.24, 2.45) is 5.92 Å². The molecule has 1 fully saturated rings. The van der Waals surface area contributed by atoms with Gasteiger partial charge in [0.1, 0.15) is 16.3 Å². The highest BCUT2D eigenvalue weighted by molar-refractivity contribution is 8.04. The lowest BCUT2D eigenvalue weighted by Crippen LogP contribution is -2.45. The van der Waals surface area contributed by atoms with Gasteiger partial charge in [-0.1, -0.05) is 87.8 Å². The molecule has 2 aromatic carbocycles. The van der Waals surface area contributed by atoms with Crippen LogP contribution in [-0.2, 0) is 21.4 Å². The molecule has 1 saturated carbocycles. The number of aliphatic hydroxyl groups is 1. The predicted molar refractivity (Wildman–Crippen MR) is 136 cm³/mol. The molecule has 1 heterocycles. The van der Waals surface area contributed by atoms with Crippen molar-refractivity contribution in [2.45, 2.75) is 88.6 Å². The van der Waals surface area contributed by atoms with Crippen molar-refractivity contribution in [3.05, 3.63) is 75.9 Å². The number of cyclic esters (lactones) is 1. The number of carbonyl (C=O) groups excluding carboxylic acids is 1. The maximum absolute atomic E-state index is 13.4. The molecule has 4 heteroatoms. The molecule has 4 rings (SSSR count). The Morgan fingerprint density at radius 2 is 1.79 bits per heavy atom. The summed E-state index contributed by atoms with van der Waals surface area (Å²) in [4.78, 5) is 14.7. The standard InChI is InChI=1S/C29H36O3S/c1-20-14-15-23(28(2,3)4)25(18-20)33-26-24(30)19-29(32-27(26)31,22-12-8-9-13-22)17-16-21-10-6-5-7-11-21/h5-7,10-11,14-15,18,22,30H,8-9,12-13,16-17,19H2,1-4H3. The van der Waals surface area contributed by atoms with E-state index in [-0.39, 0.29) is 17.1 Å². The number of carbonyl (C=O) groups is 1. The van der Waals surface area contributed by atoms with Crippen LogP contribution in [0.15, 0.2) is 64.1 Å². The van der Waals surface area contributed by atoms with E-state index in [0.717, 1.165) is 36.1 Å². The largest absolute Gasteiger partial charge is 0.511 e. The van der Waals surface area contributed by atoms with Crippen molar-refractivity contribution in [1.29, 1.82) is 0 Å². The molecule has 0 aromatic heterocycles. The summed E-state index contributed by atoms with van der Waals surface area (Å²) in [7, 11) is 0. The van der Waals surface area contributed by atoms with E-state index < -0.39 is 5.60 Å². The second kappa shape index (κ2) is 9.58. The first-order valence-electron chi connectivity index (χ1n) is 12.2. The van der Waals surface area contributed by atoms with Gasteiger partial charge in [0.2, 0.25) is 0 Å². The van der Waals surface area contributed by atoms with Crippen molar-refractivity contribution in [3.8, 4) is 0 Å². The molecular formula is C29H36O3S. The fourth-order valence-electron chi connectivity index (χ4n) is 5.32. The molecular weight excluding hydrogens is 428 g/mol.